The number of hydrogen-bond donors (Lipinski definition) is 2. The molecule has 0 aliphatic heterocycles. The van der Waals surface area contributed by atoms with Crippen molar-refractivity contribution in [2.75, 3.05) is 26.7 Å². The van der Waals surface area contributed by atoms with Crippen LogP contribution < -0.4 is 11.1 Å². The third-order valence-electron chi connectivity index (χ3n) is 2.52. The van der Waals surface area contributed by atoms with Gasteiger partial charge in [-0.2, -0.15) is 0 Å². The molecule has 1 atom stereocenters. The molecule has 0 bridgehead atoms. The van der Waals surface area contributed by atoms with E-state index in [4.69, 9.17) is 5.73 Å². The number of hydrogen-bond acceptors (Lipinski definition) is 3. The highest BCUT2D eigenvalue weighted by Crippen LogP contribution is 2.07. The molecular weight excluding hydrogens is 178 g/mol. The van der Waals surface area contributed by atoms with E-state index >= 15 is 0 Å². The molecular formula is C10H23N3O. The lowest BCUT2D eigenvalue weighted by molar-refractivity contribution is -0.122. The van der Waals surface area contributed by atoms with Gasteiger partial charge < -0.3 is 11.1 Å². The van der Waals surface area contributed by atoms with Gasteiger partial charge in [0.1, 0.15) is 0 Å². The first kappa shape index (κ1) is 13.4. The zero-order valence-electron chi connectivity index (χ0n) is 9.55. The summed E-state index contributed by atoms with van der Waals surface area (Å²) in [5, 5.41) is 2.64. The van der Waals surface area contributed by atoms with E-state index in [9.17, 15) is 4.79 Å². The third-order valence-corrected chi connectivity index (χ3v) is 2.52. The molecule has 4 heteroatoms. The molecule has 1 amide bonds. The number of likely N-dealkylation sites (N-methyl/N-ethyl adjacent to an activating group) is 2. The highest BCUT2D eigenvalue weighted by atomic mass is 16.1. The fourth-order valence-corrected chi connectivity index (χ4v) is 1.60. The lowest BCUT2D eigenvalue weighted by Crippen LogP contribution is -2.42. The standard InChI is InChI=1S/C10H23N3O/c1-4-9(6-7-11)13(5-2)8-10(14)12-3/h9H,4-8,11H2,1-3H3,(H,12,14). The first-order valence-electron chi connectivity index (χ1n) is 5.34. The van der Waals surface area contributed by atoms with E-state index in [0.29, 0.717) is 19.1 Å². The maximum Gasteiger partial charge on any atom is 0.233 e. The van der Waals surface area contributed by atoms with Crippen molar-refractivity contribution in [2.45, 2.75) is 32.7 Å². The molecule has 4 nitrogen and oxygen atoms in total. The minimum Gasteiger partial charge on any atom is -0.358 e. The first-order chi connectivity index (χ1) is 6.69. The van der Waals surface area contributed by atoms with E-state index < -0.39 is 0 Å². The zero-order valence-corrected chi connectivity index (χ0v) is 9.55. The average molecular weight is 201 g/mol. The fourth-order valence-electron chi connectivity index (χ4n) is 1.60. The molecule has 3 N–H and O–H groups in total. The van der Waals surface area contributed by atoms with Crippen LogP contribution in [0.15, 0.2) is 0 Å². The van der Waals surface area contributed by atoms with E-state index in [0.717, 1.165) is 19.4 Å². The number of carbonyl (C=O) groups excluding carboxylic acids is 1. The first-order valence-corrected chi connectivity index (χ1v) is 5.34. The van der Waals surface area contributed by atoms with Crippen molar-refractivity contribution in [1.82, 2.24) is 10.2 Å². The number of nitrogens with zero attached hydrogens (tertiary/aromatic N) is 1. The van der Waals surface area contributed by atoms with Crippen LogP contribution in [0.25, 0.3) is 0 Å². The number of rotatable bonds is 7. The average Bonchev–Trinajstić information content (AvgIpc) is 2.22. The number of nitrogens with two attached hydrogens (primary N) is 1. The van der Waals surface area contributed by atoms with Gasteiger partial charge in [0.25, 0.3) is 0 Å². The lowest BCUT2D eigenvalue weighted by Gasteiger charge is -2.28. The summed E-state index contributed by atoms with van der Waals surface area (Å²) in [5.41, 5.74) is 5.53. The topological polar surface area (TPSA) is 58.4 Å². The number of carbonyl (C=O) groups is 1. The molecule has 14 heavy (non-hydrogen) atoms. The number of nitrogens with one attached hydrogen (secondary N) is 1. The molecule has 0 rings (SSSR count). The predicted octanol–water partition coefficient (Wildman–Crippen LogP) is 0.182. The molecule has 0 aliphatic carbocycles. The molecule has 0 spiro atoms. The second kappa shape index (κ2) is 7.76. The third kappa shape index (κ3) is 4.58. The van der Waals surface area contributed by atoms with Crippen LogP contribution in [-0.4, -0.2) is 43.5 Å². The van der Waals surface area contributed by atoms with Crippen molar-refractivity contribution in [2.24, 2.45) is 5.73 Å². The van der Waals surface area contributed by atoms with E-state index in [-0.39, 0.29) is 5.91 Å². The monoisotopic (exact) mass is 201 g/mol. The van der Waals surface area contributed by atoms with Crippen LogP contribution in [0.5, 0.6) is 0 Å². The van der Waals surface area contributed by atoms with Crippen molar-refractivity contribution in [3.8, 4) is 0 Å². The summed E-state index contributed by atoms with van der Waals surface area (Å²) in [7, 11) is 1.67. The van der Waals surface area contributed by atoms with Gasteiger partial charge in [-0.25, -0.2) is 0 Å². The van der Waals surface area contributed by atoms with Crippen molar-refractivity contribution in [3.05, 3.63) is 0 Å². The second-order valence-electron chi connectivity index (χ2n) is 3.38. The smallest absolute Gasteiger partial charge is 0.233 e. The summed E-state index contributed by atoms with van der Waals surface area (Å²) in [6.45, 7) is 6.26. The summed E-state index contributed by atoms with van der Waals surface area (Å²) in [6, 6.07) is 0.433. The van der Waals surface area contributed by atoms with E-state index in [1.165, 1.54) is 0 Å². The summed E-state index contributed by atoms with van der Waals surface area (Å²) in [6.07, 6.45) is 2.00. The molecule has 1 unspecified atom stereocenters. The van der Waals surface area contributed by atoms with Gasteiger partial charge in [-0.3, -0.25) is 9.69 Å². The largest absolute Gasteiger partial charge is 0.358 e. The normalized spacial score (nSPS) is 12.9. The highest BCUT2D eigenvalue weighted by molar-refractivity contribution is 5.77. The van der Waals surface area contributed by atoms with Crippen molar-refractivity contribution in [1.29, 1.82) is 0 Å². The maximum atomic E-state index is 11.2. The van der Waals surface area contributed by atoms with E-state index in [1.54, 1.807) is 7.05 Å². The van der Waals surface area contributed by atoms with Crippen LogP contribution in [0.4, 0.5) is 0 Å². The lowest BCUT2D eigenvalue weighted by atomic mass is 10.1. The molecule has 0 aromatic heterocycles. The Bertz CT molecular complexity index is 161. The Labute approximate surface area is 86.8 Å². The fraction of sp³-hybridized carbons (Fsp3) is 0.900. The van der Waals surface area contributed by atoms with Gasteiger partial charge in [0, 0.05) is 13.1 Å². The van der Waals surface area contributed by atoms with Gasteiger partial charge in [-0.1, -0.05) is 13.8 Å². The molecule has 0 fully saturated rings. The van der Waals surface area contributed by atoms with Gasteiger partial charge in [0.2, 0.25) is 5.91 Å². The van der Waals surface area contributed by atoms with Gasteiger partial charge >= 0.3 is 0 Å². The zero-order chi connectivity index (χ0) is 11.0. The molecule has 0 aromatic carbocycles. The summed E-state index contributed by atoms with van der Waals surface area (Å²) in [5.74, 6) is 0.0716. The van der Waals surface area contributed by atoms with Gasteiger partial charge in [0.05, 0.1) is 6.54 Å². The van der Waals surface area contributed by atoms with Crippen LogP contribution in [0.1, 0.15) is 26.7 Å². The van der Waals surface area contributed by atoms with Gasteiger partial charge in [-0.05, 0) is 25.9 Å². The quantitative estimate of drug-likeness (QED) is 0.618. The van der Waals surface area contributed by atoms with Crippen LogP contribution >= 0.6 is 0 Å². The SMILES string of the molecule is CCC(CCN)N(CC)CC(=O)NC. The highest BCUT2D eigenvalue weighted by Gasteiger charge is 2.16. The Hall–Kier alpha value is -0.610. The molecule has 0 heterocycles. The Balaban J connectivity index is 4.13. The Morgan fingerprint density at radius 3 is 2.50 bits per heavy atom. The summed E-state index contributed by atoms with van der Waals surface area (Å²) in [4.78, 5) is 13.4. The summed E-state index contributed by atoms with van der Waals surface area (Å²) >= 11 is 0. The van der Waals surface area contributed by atoms with Crippen molar-refractivity contribution >= 4 is 5.91 Å². The molecule has 0 saturated heterocycles. The van der Waals surface area contributed by atoms with Crippen molar-refractivity contribution < 1.29 is 4.79 Å². The van der Waals surface area contributed by atoms with Crippen LogP contribution in [-0.2, 0) is 4.79 Å². The summed E-state index contributed by atoms with van der Waals surface area (Å²) < 4.78 is 0. The van der Waals surface area contributed by atoms with E-state index in [1.807, 2.05) is 0 Å². The molecule has 0 radical (unpaired) electrons. The minimum absolute atomic E-state index is 0.0716. The Morgan fingerprint density at radius 1 is 1.50 bits per heavy atom. The van der Waals surface area contributed by atoms with Crippen LogP contribution in [0, 0.1) is 0 Å². The Morgan fingerprint density at radius 2 is 2.14 bits per heavy atom. The predicted molar refractivity (Wildman–Crippen MR) is 59.1 cm³/mol. The minimum atomic E-state index is 0.0716. The Kier molecular flexibility index (Phi) is 7.42. The second-order valence-corrected chi connectivity index (χ2v) is 3.38. The van der Waals surface area contributed by atoms with Crippen LogP contribution in [0.3, 0.4) is 0 Å². The van der Waals surface area contributed by atoms with Crippen molar-refractivity contribution in [3.63, 3.8) is 0 Å². The maximum absolute atomic E-state index is 11.2. The molecule has 0 aromatic rings. The van der Waals surface area contributed by atoms with Gasteiger partial charge in [0.15, 0.2) is 0 Å². The van der Waals surface area contributed by atoms with Gasteiger partial charge in [-0.15, -0.1) is 0 Å². The van der Waals surface area contributed by atoms with Crippen LogP contribution in [0.2, 0.25) is 0 Å². The molecule has 0 saturated carbocycles. The number of amides is 1. The molecule has 0 aliphatic rings. The van der Waals surface area contributed by atoms with E-state index in [2.05, 4.69) is 24.1 Å². The molecule has 84 valence electrons.